The summed E-state index contributed by atoms with van der Waals surface area (Å²) in [5.74, 6) is -0.0872. The standard InChI is InChI=1S/C8H8I2O2/c1-8(9,10)5-3-2-4-6(11)7(5)12/h2-4,11-12H,1H3. The van der Waals surface area contributed by atoms with Crippen molar-refractivity contribution in [3.63, 3.8) is 0 Å². The number of alkyl halides is 2. The van der Waals surface area contributed by atoms with Crippen LogP contribution in [-0.4, -0.2) is 10.2 Å². The summed E-state index contributed by atoms with van der Waals surface area (Å²) in [4.78, 5) is 0. The van der Waals surface area contributed by atoms with E-state index < -0.39 is 0 Å². The summed E-state index contributed by atoms with van der Waals surface area (Å²) in [6.45, 7) is 1.96. The molecule has 0 bridgehead atoms. The summed E-state index contributed by atoms with van der Waals surface area (Å²) >= 11 is 4.40. The second-order valence-corrected chi connectivity index (χ2v) is 8.94. The maximum atomic E-state index is 9.47. The second kappa shape index (κ2) is 3.57. The van der Waals surface area contributed by atoms with Crippen LogP contribution in [0.15, 0.2) is 18.2 Å². The molecular weight excluding hydrogens is 382 g/mol. The smallest absolute Gasteiger partial charge is 0.162 e. The lowest BCUT2D eigenvalue weighted by atomic mass is 10.1. The number of hydrogen-bond donors (Lipinski definition) is 2. The number of aromatic hydroxyl groups is 2. The highest BCUT2D eigenvalue weighted by atomic mass is 127. The van der Waals surface area contributed by atoms with E-state index in [4.69, 9.17) is 0 Å². The van der Waals surface area contributed by atoms with Gasteiger partial charge in [0, 0.05) is 5.56 Å². The summed E-state index contributed by atoms with van der Waals surface area (Å²) in [7, 11) is 0. The lowest BCUT2D eigenvalue weighted by Gasteiger charge is -2.16. The van der Waals surface area contributed by atoms with Gasteiger partial charge in [-0.1, -0.05) is 57.3 Å². The van der Waals surface area contributed by atoms with Crippen LogP contribution in [0.25, 0.3) is 0 Å². The van der Waals surface area contributed by atoms with Gasteiger partial charge in [0.25, 0.3) is 0 Å². The molecule has 4 heteroatoms. The molecule has 0 aliphatic carbocycles. The molecule has 0 fully saturated rings. The van der Waals surface area contributed by atoms with Gasteiger partial charge in [0.1, 0.15) is 0 Å². The first-order chi connectivity index (χ1) is 5.43. The molecule has 12 heavy (non-hydrogen) atoms. The topological polar surface area (TPSA) is 40.5 Å². The number of hydrogen-bond acceptors (Lipinski definition) is 2. The Morgan fingerprint density at radius 1 is 1.25 bits per heavy atom. The van der Waals surface area contributed by atoms with Crippen molar-refractivity contribution in [3.8, 4) is 11.5 Å². The van der Waals surface area contributed by atoms with E-state index in [0.717, 1.165) is 5.56 Å². The molecule has 0 saturated carbocycles. The van der Waals surface area contributed by atoms with E-state index in [2.05, 4.69) is 45.2 Å². The van der Waals surface area contributed by atoms with Crippen molar-refractivity contribution < 1.29 is 10.2 Å². The normalized spacial score (nSPS) is 11.6. The van der Waals surface area contributed by atoms with Gasteiger partial charge < -0.3 is 10.2 Å². The Morgan fingerprint density at radius 2 is 1.83 bits per heavy atom. The minimum atomic E-state index is -0.196. The first-order valence-electron chi connectivity index (χ1n) is 3.32. The van der Waals surface area contributed by atoms with Crippen LogP contribution in [0.5, 0.6) is 11.5 Å². The fourth-order valence-corrected chi connectivity index (χ4v) is 1.76. The Balaban J connectivity index is 3.26. The summed E-state index contributed by atoms with van der Waals surface area (Å²) in [5.41, 5.74) is 0.740. The van der Waals surface area contributed by atoms with Crippen molar-refractivity contribution in [1.29, 1.82) is 0 Å². The molecule has 0 saturated heterocycles. The number of benzene rings is 1. The van der Waals surface area contributed by atoms with Gasteiger partial charge in [0.15, 0.2) is 11.5 Å². The summed E-state index contributed by atoms with van der Waals surface area (Å²) in [5, 5.41) is 18.7. The van der Waals surface area contributed by atoms with Gasteiger partial charge in [-0.3, -0.25) is 0 Å². The number of para-hydroxylation sites is 1. The fourth-order valence-electron chi connectivity index (χ4n) is 0.886. The largest absolute Gasteiger partial charge is 0.504 e. The first kappa shape index (κ1) is 10.4. The molecule has 0 spiro atoms. The van der Waals surface area contributed by atoms with Crippen LogP contribution in [0.2, 0.25) is 0 Å². The Bertz CT molecular complexity index is 292. The molecule has 0 aliphatic heterocycles. The average Bonchev–Trinajstić information content (AvgIpc) is 1.92. The Morgan fingerprint density at radius 3 is 2.25 bits per heavy atom. The minimum Gasteiger partial charge on any atom is -0.504 e. The van der Waals surface area contributed by atoms with E-state index in [-0.39, 0.29) is 12.9 Å². The molecule has 0 radical (unpaired) electrons. The van der Waals surface area contributed by atoms with Crippen molar-refractivity contribution >= 4 is 45.2 Å². The molecule has 0 amide bonds. The monoisotopic (exact) mass is 390 g/mol. The third-order valence-corrected chi connectivity index (χ3v) is 2.65. The molecule has 0 atom stereocenters. The van der Waals surface area contributed by atoms with Gasteiger partial charge in [-0.2, -0.15) is 0 Å². The number of phenolic OH excluding ortho intramolecular Hbond substituents is 2. The zero-order valence-corrected chi connectivity index (χ0v) is 10.7. The Kier molecular flexibility index (Phi) is 3.08. The molecule has 1 aromatic carbocycles. The molecule has 1 rings (SSSR count). The highest BCUT2D eigenvalue weighted by Gasteiger charge is 2.23. The predicted molar refractivity (Wildman–Crippen MR) is 65.2 cm³/mol. The van der Waals surface area contributed by atoms with Crippen LogP contribution >= 0.6 is 45.2 Å². The van der Waals surface area contributed by atoms with E-state index in [1.807, 2.05) is 6.92 Å². The van der Waals surface area contributed by atoms with Crippen LogP contribution < -0.4 is 0 Å². The van der Waals surface area contributed by atoms with Gasteiger partial charge in [-0.05, 0) is 13.0 Å². The second-order valence-electron chi connectivity index (χ2n) is 2.56. The van der Waals surface area contributed by atoms with E-state index in [9.17, 15) is 10.2 Å². The van der Waals surface area contributed by atoms with E-state index >= 15 is 0 Å². The van der Waals surface area contributed by atoms with Gasteiger partial charge >= 0.3 is 0 Å². The van der Waals surface area contributed by atoms with E-state index in [1.54, 1.807) is 12.1 Å². The van der Waals surface area contributed by atoms with Gasteiger partial charge in [-0.15, -0.1) is 0 Å². The summed E-state index contributed by atoms with van der Waals surface area (Å²) < 4.78 is -0.196. The third kappa shape index (κ3) is 2.15. The minimum absolute atomic E-state index is 0.0243. The molecular formula is C8H8I2O2. The molecule has 0 heterocycles. The molecule has 66 valence electrons. The zero-order valence-electron chi connectivity index (χ0n) is 6.38. The number of rotatable bonds is 1. The van der Waals surface area contributed by atoms with Gasteiger partial charge in [0.2, 0.25) is 0 Å². The predicted octanol–water partition coefficient (Wildman–Crippen LogP) is 3.14. The molecule has 0 aliphatic rings. The first-order valence-corrected chi connectivity index (χ1v) is 5.48. The fraction of sp³-hybridized carbons (Fsp3) is 0.250. The lowest BCUT2D eigenvalue weighted by molar-refractivity contribution is 0.399. The number of phenols is 2. The van der Waals surface area contributed by atoms with E-state index in [1.165, 1.54) is 6.07 Å². The van der Waals surface area contributed by atoms with Crippen molar-refractivity contribution in [3.05, 3.63) is 23.8 Å². The Labute approximate surface area is 98.3 Å². The molecule has 2 nitrogen and oxygen atoms in total. The quantitative estimate of drug-likeness (QED) is 0.440. The highest BCUT2D eigenvalue weighted by molar-refractivity contribution is 14.2. The molecule has 0 aromatic heterocycles. The van der Waals surface area contributed by atoms with Gasteiger partial charge in [-0.25, -0.2) is 0 Å². The van der Waals surface area contributed by atoms with E-state index in [0.29, 0.717) is 0 Å². The summed E-state index contributed by atoms with van der Waals surface area (Å²) in [6.07, 6.45) is 0. The van der Waals surface area contributed by atoms with Gasteiger partial charge in [0.05, 0.1) is 1.43 Å². The zero-order chi connectivity index (χ0) is 9.35. The maximum Gasteiger partial charge on any atom is 0.162 e. The SMILES string of the molecule is CC(I)(I)c1cccc(O)c1O. The number of halogens is 2. The van der Waals surface area contributed by atoms with Crippen molar-refractivity contribution in [1.82, 2.24) is 0 Å². The highest BCUT2D eigenvalue weighted by Crippen LogP contribution is 2.45. The lowest BCUT2D eigenvalue weighted by Crippen LogP contribution is -2.01. The van der Waals surface area contributed by atoms with Crippen molar-refractivity contribution in [2.75, 3.05) is 0 Å². The van der Waals surface area contributed by atoms with Crippen molar-refractivity contribution in [2.45, 2.75) is 8.35 Å². The van der Waals surface area contributed by atoms with Crippen LogP contribution in [0, 0.1) is 0 Å². The molecule has 2 N–H and O–H groups in total. The van der Waals surface area contributed by atoms with Crippen LogP contribution in [-0.2, 0) is 1.43 Å². The van der Waals surface area contributed by atoms with Crippen LogP contribution in [0.3, 0.4) is 0 Å². The summed E-state index contributed by atoms with van der Waals surface area (Å²) in [6, 6.07) is 4.99. The molecule has 1 aromatic rings. The maximum absolute atomic E-state index is 9.47. The molecule has 0 unspecified atom stereocenters. The average molecular weight is 390 g/mol. The van der Waals surface area contributed by atoms with Crippen LogP contribution in [0.4, 0.5) is 0 Å². The van der Waals surface area contributed by atoms with Crippen LogP contribution in [0.1, 0.15) is 12.5 Å². The Hall–Kier alpha value is 0.280. The van der Waals surface area contributed by atoms with Crippen molar-refractivity contribution in [2.24, 2.45) is 0 Å². The third-order valence-electron chi connectivity index (χ3n) is 1.49.